The van der Waals surface area contributed by atoms with Crippen LogP contribution in [0.2, 0.25) is 10.0 Å². The summed E-state index contributed by atoms with van der Waals surface area (Å²) in [7, 11) is 6.37. The summed E-state index contributed by atoms with van der Waals surface area (Å²) in [6.45, 7) is 2.48. The van der Waals surface area contributed by atoms with Crippen LogP contribution in [0.4, 0.5) is 0 Å². The van der Waals surface area contributed by atoms with Crippen molar-refractivity contribution in [2.45, 2.75) is 54.4 Å². The number of amides is 2. The van der Waals surface area contributed by atoms with E-state index in [2.05, 4.69) is 11.0 Å². The van der Waals surface area contributed by atoms with E-state index in [-0.39, 0.29) is 47.7 Å². The van der Waals surface area contributed by atoms with Gasteiger partial charge in [-0.2, -0.15) is 5.26 Å². The van der Waals surface area contributed by atoms with Crippen LogP contribution in [0.25, 0.3) is 10.8 Å². The number of carbonyl (C=O) groups is 5. The molecule has 4 aromatic rings. The highest BCUT2D eigenvalue weighted by Crippen LogP contribution is 2.37. The number of rotatable bonds is 18. The summed E-state index contributed by atoms with van der Waals surface area (Å²) in [5.74, 6) is -4.72. The second kappa shape index (κ2) is 23.5. The lowest BCUT2D eigenvalue weighted by Crippen LogP contribution is -2.43. The van der Waals surface area contributed by atoms with Crippen LogP contribution < -0.4 is 9.47 Å². The van der Waals surface area contributed by atoms with Gasteiger partial charge < -0.3 is 49.2 Å². The van der Waals surface area contributed by atoms with Gasteiger partial charge in [0.05, 0.1) is 48.2 Å². The molecule has 1 aliphatic rings. The third kappa shape index (κ3) is 13.7. The van der Waals surface area contributed by atoms with E-state index in [0.29, 0.717) is 27.6 Å². The van der Waals surface area contributed by atoms with Gasteiger partial charge in [0.15, 0.2) is 10.5 Å². The number of carboxylic acid groups (broad SMARTS) is 3. The van der Waals surface area contributed by atoms with Crippen molar-refractivity contribution in [1.82, 2.24) is 14.7 Å². The van der Waals surface area contributed by atoms with Gasteiger partial charge in [-0.15, -0.1) is 0 Å². The number of likely N-dealkylation sites (N-methyl/N-ethyl adjacent to an activating group) is 1. The molecule has 5 rings (SSSR count). The number of halogens is 2. The Morgan fingerprint density at radius 2 is 1.58 bits per heavy atom. The average molecular weight is 956 g/mol. The number of methoxy groups -OCH3 is 2. The van der Waals surface area contributed by atoms with Crippen LogP contribution in [0, 0.1) is 11.3 Å². The van der Waals surface area contributed by atoms with E-state index in [4.69, 9.17) is 53.1 Å². The summed E-state index contributed by atoms with van der Waals surface area (Å²) in [5, 5.41) is 46.0. The first-order chi connectivity index (χ1) is 30.7. The smallest absolute Gasteiger partial charge is 0.336 e. The molecule has 0 radical (unpaired) electrons. The maximum atomic E-state index is 14.7. The van der Waals surface area contributed by atoms with Crippen molar-refractivity contribution >= 4 is 74.9 Å². The Kier molecular flexibility index (Phi) is 18.8. The number of nitrogens with zero attached hydrogens (tertiary/aromatic N) is 4. The maximum absolute atomic E-state index is 14.7. The largest absolute Gasteiger partial charge is 0.612 e. The topological polar surface area (TPSA) is 241 Å². The number of aliphatic hydroxyl groups is 1. The van der Waals surface area contributed by atoms with Gasteiger partial charge in [0.1, 0.15) is 30.4 Å². The predicted octanol–water partition coefficient (Wildman–Crippen LogP) is 6.11. The molecule has 1 fully saturated rings. The fraction of sp³-hybridized carbons (Fsp3) is 0.391. The molecule has 1 heterocycles. The molecule has 0 bridgehead atoms. The molecule has 19 heteroatoms. The van der Waals surface area contributed by atoms with Crippen molar-refractivity contribution in [2.24, 2.45) is 0 Å². The van der Waals surface area contributed by atoms with Crippen LogP contribution in [-0.4, -0.2) is 142 Å². The van der Waals surface area contributed by atoms with Crippen molar-refractivity contribution in [2.75, 3.05) is 67.3 Å². The van der Waals surface area contributed by atoms with E-state index >= 15 is 0 Å². The van der Waals surface area contributed by atoms with Crippen LogP contribution in [0.15, 0.2) is 71.6 Å². The van der Waals surface area contributed by atoms with Gasteiger partial charge in [0.2, 0.25) is 5.91 Å². The molecule has 0 aliphatic carbocycles. The molecule has 1 aliphatic heterocycles. The molecule has 4 N–H and O–H groups in total. The minimum atomic E-state index is -2.74. The van der Waals surface area contributed by atoms with E-state index < -0.39 is 53.4 Å². The van der Waals surface area contributed by atoms with Crippen molar-refractivity contribution in [3.63, 3.8) is 0 Å². The van der Waals surface area contributed by atoms with Gasteiger partial charge in [-0.3, -0.25) is 19.2 Å². The standard InChI is InChI=1S/C40H44Cl2N4O5S.C6H8O7/c1-44(2)37(47)25-46(40(48)38-33-9-7-6-8-28(33)20-30(23-43)39(38)51-4)24-29(27-10-13-34(41)35(42)21-27)16-19-45-17-14-26(15-18-45)32-12-11-31(50-3)22-36(32)52(5)49;7-3(8)1-6(13,5(11)12)2-4(9)10/h6-13,20-22,26,29H,14-19,24-25H2,1-5H3;13H,1-2H2,(H,7,8)(H,9,10)(H,11,12). The second-order valence-electron chi connectivity index (χ2n) is 15.7. The van der Waals surface area contributed by atoms with Crippen molar-refractivity contribution in [1.29, 1.82) is 5.26 Å². The van der Waals surface area contributed by atoms with Crippen LogP contribution >= 0.6 is 23.2 Å². The van der Waals surface area contributed by atoms with Gasteiger partial charge in [0.25, 0.3) is 5.91 Å². The Morgan fingerprint density at radius 3 is 2.12 bits per heavy atom. The zero-order valence-electron chi connectivity index (χ0n) is 36.6. The van der Waals surface area contributed by atoms with Gasteiger partial charge >= 0.3 is 17.9 Å². The zero-order chi connectivity index (χ0) is 48.2. The lowest BCUT2D eigenvalue weighted by molar-refractivity contribution is -0.170. The normalized spacial score (nSPS) is 14.0. The minimum Gasteiger partial charge on any atom is -0.612 e. The van der Waals surface area contributed by atoms with E-state index in [0.717, 1.165) is 53.9 Å². The number of hydrogen-bond acceptors (Lipinski definition) is 11. The molecule has 2 atom stereocenters. The number of carbonyl (C=O) groups excluding carboxylic acids is 2. The maximum Gasteiger partial charge on any atom is 0.336 e. The number of carboxylic acids is 3. The molecule has 2 amide bonds. The third-order valence-corrected chi connectivity index (χ3v) is 12.9. The van der Waals surface area contributed by atoms with Crippen LogP contribution in [0.1, 0.15) is 71.0 Å². The molecule has 16 nitrogen and oxygen atoms in total. The Labute approximate surface area is 390 Å². The van der Waals surface area contributed by atoms with Crippen molar-refractivity contribution in [3.05, 3.63) is 99.0 Å². The van der Waals surface area contributed by atoms with Crippen LogP contribution in [0.5, 0.6) is 11.5 Å². The summed E-state index contributed by atoms with van der Waals surface area (Å²) in [6, 6.07) is 22.6. The van der Waals surface area contributed by atoms with Gasteiger partial charge in [-0.05, 0) is 96.6 Å². The molecular weight excluding hydrogens is 903 g/mol. The first kappa shape index (κ1) is 52.0. The Balaban J connectivity index is 0.000000617. The second-order valence-corrected chi connectivity index (χ2v) is 17.9. The number of benzene rings is 4. The molecule has 4 aromatic carbocycles. The molecule has 0 aromatic heterocycles. The molecule has 0 spiro atoms. The third-order valence-electron chi connectivity index (χ3n) is 11.1. The predicted molar refractivity (Wildman–Crippen MR) is 244 cm³/mol. The highest BCUT2D eigenvalue weighted by Gasteiger charge is 2.41. The number of piperidine rings is 1. The number of likely N-dealkylation sites (tertiary alicyclic amines) is 1. The Morgan fingerprint density at radius 1 is 0.938 bits per heavy atom. The summed E-state index contributed by atoms with van der Waals surface area (Å²) in [4.78, 5) is 64.7. The van der Waals surface area contributed by atoms with E-state index in [1.54, 1.807) is 44.5 Å². The van der Waals surface area contributed by atoms with Gasteiger partial charge in [-0.1, -0.05) is 59.6 Å². The van der Waals surface area contributed by atoms with Crippen LogP contribution in [0.3, 0.4) is 0 Å². The summed E-state index contributed by atoms with van der Waals surface area (Å²) in [5.41, 5.74) is -0.254. The first-order valence-electron chi connectivity index (χ1n) is 20.3. The van der Waals surface area contributed by atoms with Gasteiger partial charge in [0, 0.05) is 38.2 Å². The SMILES string of the molecule is COc1ccc(C2CCN(CCC(CN(CC(=O)N(C)C)C(=O)c3c(OC)c(C#N)cc4ccccc34)c3ccc(Cl)c(Cl)c3)CC2)c([S+](C)[O-])c1.O=C(O)CC(O)(CC(=O)O)C(=O)O. The van der Waals surface area contributed by atoms with Crippen LogP contribution in [-0.2, 0) is 30.4 Å². The number of hydrogen-bond donors (Lipinski definition) is 4. The highest BCUT2D eigenvalue weighted by atomic mass is 35.5. The molecule has 1 saturated heterocycles. The Bertz CT molecular complexity index is 2400. The fourth-order valence-corrected chi connectivity index (χ4v) is 8.82. The van der Waals surface area contributed by atoms with Gasteiger partial charge in [-0.25, -0.2) is 4.79 Å². The van der Waals surface area contributed by atoms with Crippen molar-refractivity contribution in [3.8, 4) is 17.6 Å². The zero-order valence-corrected chi connectivity index (χ0v) is 38.9. The fourth-order valence-electron chi connectivity index (χ4n) is 7.66. The molecule has 65 heavy (non-hydrogen) atoms. The number of aliphatic carboxylic acids is 3. The molecule has 348 valence electrons. The summed E-state index contributed by atoms with van der Waals surface area (Å²) < 4.78 is 23.7. The molecular formula is C46H52Cl2N4O12S. The monoisotopic (exact) mass is 954 g/mol. The summed E-state index contributed by atoms with van der Waals surface area (Å²) >= 11 is 11.7. The van der Waals surface area contributed by atoms with E-state index in [1.165, 1.54) is 12.0 Å². The molecule has 2 unspecified atom stereocenters. The summed E-state index contributed by atoms with van der Waals surface area (Å²) in [6.07, 6.45) is 1.92. The lowest BCUT2D eigenvalue weighted by atomic mass is 9.88. The van der Waals surface area contributed by atoms with E-state index in [9.17, 15) is 33.8 Å². The first-order valence-corrected chi connectivity index (χ1v) is 22.6. The molecule has 0 saturated carbocycles. The lowest BCUT2D eigenvalue weighted by Gasteiger charge is -2.34. The van der Waals surface area contributed by atoms with Crippen molar-refractivity contribution < 1.29 is 58.4 Å². The highest BCUT2D eigenvalue weighted by molar-refractivity contribution is 7.90. The number of ether oxygens (including phenoxy) is 2. The quantitative estimate of drug-likeness (QED) is 0.0824. The van der Waals surface area contributed by atoms with E-state index in [1.807, 2.05) is 54.6 Å². The Hall–Kier alpha value is -5.61. The number of fused-ring (bicyclic) bond motifs is 1. The minimum absolute atomic E-state index is 0.174. The number of nitriles is 1. The average Bonchev–Trinajstić information content (AvgIpc) is 3.26.